The van der Waals surface area contributed by atoms with Crippen molar-refractivity contribution < 1.29 is 9.59 Å². The largest absolute Gasteiger partial charge is 0.353 e. The molecular formula is C22H24N4O2S2. The van der Waals surface area contributed by atoms with Crippen LogP contribution < -0.4 is 10.6 Å². The average molecular weight is 441 g/mol. The molecule has 1 heterocycles. The van der Waals surface area contributed by atoms with Crippen LogP contribution in [0.3, 0.4) is 0 Å². The molecule has 0 aliphatic heterocycles. The van der Waals surface area contributed by atoms with E-state index in [9.17, 15) is 9.59 Å². The molecule has 30 heavy (non-hydrogen) atoms. The van der Waals surface area contributed by atoms with Crippen molar-refractivity contribution in [3.05, 3.63) is 66.5 Å². The Balaban J connectivity index is 1.63. The number of anilines is 1. The number of imidazole rings is 1. The van der Waals surface area contributed by atoms with Gasteiger partial charge in [0.25, 0.3) is 5.91 Å². The molecule has 156 valence electrons. The molecule has 2 N–H and O–H groups in total. The molecule has 3 aromatic rings. The maximum atomic E-state index is 12.8. The van der Waals surface area contributed by atoms with Gasteiger partial charge in [-0.15, -0.1) is 11.8 Å². The molecule has 0 radical (unpaired) electrons. The van der Waals surface area contributed by atoms with E-state index in [0.717, 1.165) is 14.9 Å². The first-order valence-electron chi connectivity index (χ1n) is 9.50. The molecule has 0 saturated heterocycles. The Kier molecular flexibility index (Phi) is 7.59. The Morgan fingerprint density at radius 3 is 2.50 bits per heavy atom. The lowest BCUT2D eigenvalue weighted by molar-refractivity contribution is -0.119. The van der Waals surface area contributed by atoms with Crippen LogP contribution in [0.25, 0.3) is 0 Å². The number of rotatable bonds is 8. The zero-order chi connectivity index (χ0) is 21.5. The monoisotopic (exact) mass is 440 g/mol. The summed E-state index contributed by atoms with van der Waals surface area (Å²) in [7, 11) is 1.95. The van der Waals surface area contributed by atoms with Gasteiger partial charge in [0.05, 0.1) is 11.3 Å². The zero-order valence-electron chi connectivity index (χ0n) is 17.1. The van der Waals surface area contributed by atoms with E-state index in [-0.39, 0.29) is 23.6 Å². The maximum Gasteiger partial charge on any atom is 0.256 e. The van der Waals surface area contributed by atoms with Crippen LogP contribution in [0.5, 0.6) is 0 Å². The minimum absolute atomic E-state index is 0.0500. The van der Waals surface area contributed by atoms with Gasteiger partial charge in [-0.1, -0.05) is 23.9 Å². The summed E-state index contributed by atoms with van der Waals surface area (Å²) in [5.41, 5.74) is 1.26. The van der Waals surface area contributed by atoms with Crippen molar-refractivity contribution in [3.63, 3.8) is 0 Å². The van der Waals surface area contributed by atoms with Gasteiger partial charge in [0, 0.05) is 41.0 Å². The normalized spacial score (nSPS) is 10.8. The fraction of sp³-hybridized carbons (Fsp3) is 0.227. The summed E-state index contributed by atoms with van der Waals surface area (Å²) in [6, 6.07) is 15.0. The van der Waals surface area contributed by atoms with Crippen LogP contribution in [0.1, 0.15) is 24.2 Å². The second-order valence-electron chi connectivity index (χ2n) is 6.91. The number of hydrogen-bond donors (Lipinski definition) is 2. The van der Waals surface area contributed by atoms with Gasteiger partial charge in [0.15, 0.2) is 5.16 Å². The molecule has 6 nitrogen and oxygen atoms in total. The highest BCUT2D eigenvalue weighted by molar-refractivity contribution is 8.00. The highest BCUT2D eigenvalue weighted by Gasteiger charge is 2.13. The zero-order valence-corrected chi connectivity index (χ0v) is 18.7. The maximum absolute atomic E-state index is 12.8. The van der Waals surface area contributed by atoms with E-state index in [2.05, 4.69) is 15.6 Å². The van der Waals surface area contributed by atoms with E-state index < -0.39 is 0 Å². The summed E-state index contributed by atoms with van der Waals surface area (Å²) < 4.78 is 1.95. The number of amides is 2. The predicted molar refractivity (Wildman–Crippen MR) is 122 cm³/mol. The Hall–Kier alpha value is -2.71. The summed E-state index contributed by atoms with van der Waals surface area (Å²) in [6.45, 7) is 3.84. The van der Waals surface area contributed by atoms with Gasteiger partial charge in [0.1, 0.15) is 0 Å². The Morgan fingerprint density at radius 2 is 1.83 bits per heavy atom. The van der Waals surface area contributed by atoms with E-state index in [4.69, 9.17) is 0 Å². The van der Waals surface area contributed by atoms with Crippen LogP contribution in [0.2, 0.25) is 0 Å². The molecule has 0 unspecified atom stereocenters. The number of aryl methyl sites for hydroxylation is 1. The van der Waals surface area contributed by atoms with Gasteiger partial charge < -0.3 is 15.2 Å². The molecule has 2 amide bonds. The van der Waals surface area contributed by atoms with Crippen LogP contribution in [0.4, 0.5) is 5.69 Å². The lowest BCUT2D eigenvalue weighted by atomic mass is 10.2. The summed E-state index contributed by atoms with van der Waals surface area (Å²) in [5.74, 6) is 0.0135. The Bertz CT molecular complexity index is 1020. The van der Waals surface area contributed by atoms with Crippen molar-refractivity contribution in [2.45, 2.75) is 34.8 Å². The van der Waals surface area contributed by atoms with E-state index in [0.29, 0.717) is 11.3 Å². The summed E-state index contributed by atoms with van der Waals surface area (Å²) >= 11 is 2.92. The topological polar surface area (TPSA) is 76.0 Å². The second-order valence-corrected chi connectivity index (χ2v) is 8.97. The van der Waals surface area contributed by atoms with Crippen molar-refractivity contribution in [1.29, 1.82) is 0 Å². The molecule has 0 aliphatic rings. The quantitative estimate of drug-likeness (QED) is 0.507. The second kappa shape index (κ2) is 10.4. The lowest BCUT2D eigenvalue weighted by Crippen LogP contribution is -2.31. The fourth-order valence-electron chi connectivity index (χ4n) is 2.65. The number of carbonyl (C=O) groups excluding carboxylic acids is 2. The average Bonchev–Trinajstić information content (AvgIpc) is 3.12. The predicted octanol–water partition coefficient (Wildman–Crippen LogP) is 4.44. The van der Waals surface area contributed by atoms with Crippen LogP contribution in [-0.2, 0) is 11.8 Å². The molecule has 0 atom stereocenters. The summed E-state index contributed by atoms with van der Waals surface area (Å²) in [5, 5.41) is 6.69. The Labute approximate surface area is 184 Å². The first-order valence-corrected chi connectivity index (χ1v) is 11.3. The van der Waals surface area contributed by atoms with Crippen molar-refractivity contribution in [2.75, 3.05) is 11.1 Å². The SMILES string of the molecule is CC(C)NC(=O)CSc1ccccc1C(=O)Nc1ccc(Sc2nccn2C)cc1. The minimum Gasteiger partial charge on any atom is -0.353 e. The third-order valence-corrected chi connectivity index (χ3v) is 6.20. The van der Waals surface area contributed by atoms with Crippen LogP contribution >= 0.6 is 23.5 Å². The van der Waals surface area contributed by atoms with Gasteiger partial charge in [-0.25, -0.2) is 4.98 Å². The van der Waals surface area contributed by atoms with Crippen molar-refractivity contribution in [2.24, 2.45) is 7.05 Å². The number of carbonyl (C=O) groups is 2. The third-order valence-electron chi connectivity index (χ3n) is 4.04. The van der Waals surface area contributed by atoms with Gasteiger partial charge in [0.2, 0.25) is 5.91 Å². The fourth-order valence-corrected chi connectivity index (χ4v) is 4.31. The number of hydrogen-bond acceptors (Lipinski definition) is 5. The molecule has 0 fully saturated rings. The molecule has 0 aliphatic carbocycles. The first-order chi connectivity index (χ1) is 14.4. The molecule has 0 saturated carbocycles. The number of nitrogens with one attached hydrogen (secondary N) is 2. The van der Waals surface area contributed by atoms with Gasteiger partial charge in [-0.2, -0.15) is 0 Å². The van der Waals surface area contributed by atoms with Crippen molar-refractivity contribution in [1.82, 2.24) is 14.9 Å². The highest BCUT2D eigenvalue weighted by Crippen LogP contribution is 2.27. The number of thioether (sulfide) groups is 1. The first kappa shape index (κ1) is 22.0. The van der Waals surface area contributed by atoms with Crippen LogP contribution in [-0.4, -0.2) is 33.2 Å². The standard InChI is InChI=1S/C22H24N4O2S2/c1-15(2)24-20(27)14-29-19-7-5-4-6-18(19)21(28)25-16-8-10-17(11-9-16)30-22-23-12-13-26(22)3/h4-13,15H,14H2,1-3H3,(H,24,27)(H,25,28). The molecule has 0 bridgehead atoms. The lowest BCUT2D eigenvalue weighted by Gasteiger charge is -2.11. The molecular weight excluding hydrogens is 416 g/mol. The smallest absolute Gasteiger partial charge is 0.256 e. The van der Waals surface area contributed by atoms with Crippen molar-refractivity contribution >= 4 is 41.0 Å². The van der Waals surface area contributed by atoms with Gasteiger partial charge in [-0.3, -0.25) is 9.59 Å². The van der Waals surface area contributed by atoms with Crippen molar-refractivity contribution in [3.8, 4) is 0 Å². The summed E-state index contributed by atoms with van der Waals surface area (Å²) in [4.78, 5) is 30.8. The van der Waals surface area contributed by atoms with Crippen LogP contribution in [0.15, 0.2) is 75.9 Å². The molecule has 3 rings (SSSR count). The minimum atomic E-state index is -0.202. The molecule has 0 spiro atoms. The van der Waals surface area contributed by atoms with Crippen LogP contribution in [0, 0.1) is 0 Å². The number of aromatic nitrogens is 2. The van der Waals surface area contributed by atoms with E-state index >= 15 is 0 Å². The van der Waals surface area contributed by atoms with Gasteiger partial charge in [-0.05, 0) is 50.2 Å². The van der Waals surface area contributed by atoms with E-state index in [1.807, 2.05) is 74.1 Å². The molecule has 1 aromatic heterocycles. The molecule has 8 heteroatoms. The van der Waals surface area contributed by atoms with Gasteiger partial charge >= 0.3 is 0 Å². The summed E-state index contributed by atoms with van der Waals surface area (Å²) in [6.07, 6.45) is 3.66. The van der Waals surface area contributed by atoms with E-state index in [1.165, 1.54) is 11.8 Å². The number of benzene rings is 2. The third kappa shape index (κ3) is 6.14. The molecule has 2 aromatic carbocycles. The highest BCUT2D eigenvalue weighted by atomic mass is 32.2. The Morgan fingerprint density at radius 1 is 1.10 bits per heavy atom. The van der Waals surface area contributed by atoms with E-state index in [1.54, 1.807) is 24.0 Å². The number of nitrogens with zero attached hydrogens (tertiary/aromatic N) is 2.